The molecule has 0 spiro atoms. The molecule has 8 aliphatic carbocycles. The molecule has 0 aromatic rings. The third-order valence-corrected chi connectivity index (χ3v) is 24.9. The lowest BCUT2D eigenvalue weighted by atomic mass is 9.58. The van der Waals surface area contributed by atoms with Gasteiger partial charge >= 0.3 is 11.9 Å². The fourth-order valence-electron chi connectivity index (χ4n) is 18.4. The molecule has 408 valence electrons. The average Bonchev–Trinajstić information content (AvgIpc) is 3.35. The molecule has 0 bridgehead atoms. The monoisotopic (exact) mass is 987 g/mol. The van der Waals surface area contributed by atoms with E-state index in [1.807, 2.05) is 0 Å². The number of hydrogen-bond donors (Lipinski definition) is 0. The quantitative estimate of drug-likeness (QED) is 0.162. The maximum atomic E-state index is 15.0. The van der Waals surface area contributed by atoms with E-state index in [2.05, 4.69) is 83.1 Å². The second-order valence-corrected chi connectivity index (χ2v) is 30.4. The van der Waals surface area contributed by atoms with Crippen LogP contribution < -0.4 is 0 Å². The molecule has 0 heterocycles. The summed E-state index contributed by atoms with van der Waals surface area (Å²) < 4.78 is 21.0. The van der Waals surface area contributed by atoms with E-state index in [1.54, 1.807) is 0 Å². The summed E-state index contributed by atoms with van der Waals surface area (Å²) in [6, 6.07) is 0. The molecular formula is C66H114O5. The molecule has 0 radical (unpaired) electrons. The van der Waals surface area contributed by atoms with E-state index in [0.29, 0.717) is 46.3 Å². The van der Waals surface area contributed by atoms with Crippen LogP contribution in [-0.4, -0.2) is 36.4 Å². The Morgan fingerprint density at radius 1 is 0.296 bits per heavy atom. The lowest BCUT2D eigenvalue weighted by molar-refractivity contribution is -0.183. The molecule has 0 aromatic heterocycles. The smallest absolute Gasteiger partial charge is 0.311 e. The Labute approximate surface area is 438 Å². The Kier molecular flexibility index (Phi) is 18.7. The third-order valence-electron chi connectivity index (χ3n) is 24.9. The third kappa shape index (κ3) is 13.2. The molecule has 0 aromatic carbocycles. The summed E-state index contributed by atoms with van der Waals surface area (Å²) in [6.07, 6.45) is 35.4. The zero-order chi connectivity index (χ0) is 50.9. The average molecular weight is 988 g/mol. The molecule has 8 aliphatic rings. The van der Waals surface area contributed by atoms with Crippen LogP contribution in [0.1, 0.15) is 276 Å². The lowest BCUT2D eigenvalue weighted by Gasteiger charge is -2.50. The normalized spacial score (nSPS) is 41.7. The van der Waals surface area contributed by atoms with Crippen LogP contribution in [0, 0.1) is 105 Å². The summed E-state index contributed by atoms with van der Waals surface area (Å²) in [5.41, 5.74) is 1.02. The molecule has 5 nitrogen and oxygen atoms in total. The first-order chi connectivity index (χ1) is 33.6. The van der Waals surface area contributed by atoms with Crippen molar-refractivity contribution in [3.8, 4) is 0 Å². The molecule has 8 saturated carbocycles. The number of hydrogen-bond acceptors (Lipinski definition) is 5. The minimum atomic E-state index is -0.282. The summed E-state index contributed by atoms with van der Waals surface area (Å²) in [5.74, 6) is 8.20. The Morgan fingerprint density at radius 2 is 0.507 bits per heavy atom. The van der Waals surface area contributed by atoms with Crippen LogP contribution in [0.25, 0.3) is 0 Å². The summed E-state index contributed by atoms with van der Waals surface area (Å²) in [7, 11) is 0. The molecule has 5 heteroatoms. The fourth-order valence-corrected chi connectivity index (χ4v) is 18.4. The first-order valence-electron chi connectivity index (χ1n) is 31.7. The summed E-state index contributed by atoms with van der Waals surface area (Å²) >= 11 is 0. The lowest BCUT2D eigenvalue weighted by Crippen LogP contribution is -2.49. The van der Waals surface area contributed by atoms with Gasteiger partial charge < -0.3 is 14.2 Å². The van der Waals surface area contributed by atoms with E-state index in [9.17, 15) is 0 Å². The van der Waals surface area contributed by atoms with Gasteiger partial charge in [0.15, 0.2) is 0 Å². The van der Waals surface area contributed by atoms with Crippen molar-refractivity contribution in [1.82, 2.24) is 0 Å². The van der Waals surface area contributed by atoms with Crippen LogP contribution in [0.15, 0.2) is 0 Å². The molecule has 0 amide bonds. The highest BCUT2D eigenvalue weighted by Gasteiger charge is 2.51. The minimum absolute atomic E-state index is 0.000334. The van der Waals surface area contributed by atoms with Crippen molar-refractivity contribution in [2.45, 2.75) is 300 Å². The van der Waals surface area contributed by atoms with Gasteiger partial charge in [0.25, 0.3) is 0 Å². The summed E-state index contributed by atoms with van der Waals surface area (Å²) in [4.78, 5) is 30.1. The largest absolute Gasteiger partial charge is 0.462 e. The number of carbonyl (C=O) groups excluding carboxylic acids is 2. The maximum absolute atomic E-state index is 15.0. The van der Waals surface area contributed by atoms with E-state index >= 15 is 9.59 Å². The van der Waals surface area contributed by atoms with Gasteiger partial charge in [-0.15, -0.1) is 0 Å². The highest BCUT2D eigenvalue weighted by Crippen LogP contribution is 2.55. The molecule has 8 fully saturated rings. The Morgan fingerprint density at radius 3 is 0.761 bits per heavy atom. The van der Waals surface area contributed by atoms with E-state index in [0.717, 1.165) is 99.7 Å². The summed E-state index contributed by atoms with van der Waals surface area (Å²) in [6.45, 7) is 30.1. The van der Waals surface area contributed by atoms with Crippen LogP contribution in [0.4, 0.5) is 0 Å². The van der Waals surface area contributed by atoms with Gasteiger partial charge in [-0.1, -0.05) is 134 Å². The number of esters is 2. The first-order valence-corrected chi connectivity index (χ1v) is 31.7. The first kappa shape index (κ1) is 56.1. The Balaban J connectivity index is 0.969. The summed E-state index contributed by atoms with van der Waals surface area (Å²) in [5, 5.41) is 0. The highest BCUT2D eigenvalue weighted by atomic mass is 16.6. The predicted molar refractivity (Wildman–Crippen MR) is 294 cm³/mol. The topological polar surface area (TPSA) is 61.8 Å². The van der Waals surface area contributed by atoms with Gasteiger partial charge in [-0.25, -0.2) is 0 Å². The van der Waals surface area contributed by atoms with Gasteiger partial charge in [-0.05, 0) is 234 Å². The van der Waals surface area contributed by atoms with Crippen LogP contribution in [0.2, 0.25) is 0 Å². The van der Waals surface area contributed by atoms with Gasteiger partial charge in [-0.2, -0.15) is 0 Å². The molecule has 6 unspecified atom stereocenters. The fraction of sp³-hybridized carbons (Fsp3) is 0.970. The molecule has 0 N–H and O–H groups in total. The molecular weight excluding hydrogens is 873 g/mol. The van der Waals surface area contributed by atoms with Gasteiger partial charge in [0, 0.05) is 0 Å². The molecule has 6 atom stereocenters. The van der Waals surface area contributed by atoms with Crippen LogP contribution in [-0.2, 0) is 23.8 Å². The zero-order valence-corrected chi connectivity index (χ0v) is 48.6. The second kappa shape index (κ2) is 23.6. The number of rotatable bonds is 14. The van der Waals surface area contributed by atoms with Crippen molar-refractivity contribution in [3.05, 3.63) is 0 Å². The van der Waals surface area contributed by atoms with Gasteiger partial charge in [-0.3, -0.25) is 9.59 Å². The molecule has 0 aliphatic heterocycles. The SMILES string of the molecule is CC1CCC(C(C)(C)C2CCC(OC(=O)C3CC(C(C)(C)C4CCC(C)CC4)CCC3OC3CCC(C(C)(C)C4CCC(C)CC4)CC3C(=O)OC3CCC(C(C)(C)C4CCC(C)CC4)CC3)CC2)CC1. The van der Waals surface area contributed by atoms with E-state index in [1.165, 1.54) is 128 Å². The van der Waals surface area contributed by atoms with Crippen molar-refractivity contribution < 1.29 is 23.8 Å². The Bertz CT molecular complexity index is 1540. The second-order valence-electron chi connectivity index (χ2n) is 30.4. The van der Waals surface area contributed by atoms with Crippen molar-refractivity contribution in [1.29, 1.82) is 0 Å². The van der Waals surface area contributed by atoms with E-state index in [-0.39, 0.29) is 59.0 Å². The van der Waals surface area contributed by atoms with Crippen LogP contribution in [0.5, 0.6) is 0 Å². The Hall–Kier alpha value is -1.10. The van der Waals surface area contributed by atoms with Gasteiger partial charge in [0.1, 0.15) is 12.2 Å². The highest BCUT2D eigenvalue weighted by molar-refractivity contribution is 5.74. The van der Waals surface area contributed by atoms with Crippen molar-refractivity contribution >= 4 is 11.9 Å². The maximum Gasteiger partial charge on any atom is 0.311 e. The minimum Gasteiger partial charge on any atom is -0.462 e. The number of ether oxygens (including phenoxy) is 3. The molecule has 8 rings (SSSR count). The van der Waals surface area contributed by atoms with Gasteiger partial charge in [0.05, 0.1) is 24.0 Å². The van der Waals surface area contributed by atoms with Gasteiger partial charge in [0.2, 0.25) is 0 Å². The van der Waals surface area contributed by atoms with E-state index in [4.69, 9.17) is 14.2 Å². The standard InChI is InChI=1S/C66H114O5/c1-43-13-21-47(22-14-43)63(5,6)51-29-35-55(36-30-51)69-61(67)57-41-53(65(9,10)49-25-17-45(3)18-26-49)33-39-59(57)71-60-40-34-54(66(11,12)50-27-19-46(4)20-28-50)42-58(60)62(68)70-56-37-31-52(32-38-56)64(7,8)48-23-15-44(2)16-24-48/h43-60H,13-42H2,1-12H3. The van der Waals surface area contributed by atoms with E-state index < -0.39 is 0 Å². The number of carbonyl (C=O) groups is 2. The van der Waals surface area contributed by atoms with Crippen molar-refractivity contribution in [2.75, 3.05) is 0 Å². The van der Waals surface area contributed by atoms with Crippen molar-refractivity contribution in [2.24, 2.45) is 105 Å². The molecule has 0 saturated heterocycles. The predicted octanol–water partition coefficient (Wildman–Crippen LogP) is 18.2. The van der Waals surface area contributed by atoms with Crippen molar-refractivity contribution in [3.63, 3.8) is 0 Å². The van der Waals surface area contributed by atoms with Crippen LogP contribution >= 0.6 is 0 Å². The molecule has 71 heavy (non-hydrogen) atoms. The van der Waals surface area contributed by atoms with Crippen LogP contribution in [0.3, 0.4) is 0 Å². The zero-order valence-electron chi connectivity index (χ0n) is 48.6.